The fourth-order valence-corrected chi connectivity index (χ4v) is 2.27. The molecular weight excluding hydrogens is 332 g/mol. The number of allylic oxidation sites excluding steroid dienone is 1. The minimum atomic E-state index is -0.108. The molecule has 0 spiro atoms. The van der Waals surface area contributed by atoms with Crippen LogP contribution < -0.4 is 10.6 Å². The van der Waals surface area contributed by atoms with Gasteiger partial charge in [0.2, 0.25) is 5.82 Å². The molecule has 0 bridgehead atoms. The Balaban J connectivity index is 1.89. The van der Waals surface area contributed by atoms with Crippen molar-refractivity contribution in [3.63, 3.8) is 0 Å². The summed E-state index contributed by atoms with van der Waals surface area (Å²) in [5.74, 6) is 0.105. The SMILES string of the molecule is CCN(CC)CCNC(=O)c1ccc(NC=C(C#N)c2nn[nH]n2)cc1. The van der Waals surface area contributed by atoms with Gasteiger partial charge in [0, 0.05) is 30.5 Å². The minimum absolute atomic E-state index is 0.108. The monoisotopic (exact) mass is 354 g/mol. The number of aromatic amines is 1. The second-order valence-electron chi connectivity index (χ2n) is 5.41. The molecule has 0 atom stereocenters. The number of likely N-dealkylation sites (N-methyl/N-ethyl adjacent to an activating group) is 1. The molecule has 0 saturated heterocycles. The Labute approximate surface area is 152 Å². The van der Waals surface area contributed by atoms with Gasteiger partial charge in [-0.1, -0.05) is 13.8 Å². The standard InChI is InChI=1S/C17H22N8O/c1-3-25(4-2)10-9-19-17(26)13-5-7-15(8-6-13)20-12-14(11-18)16-21-23-24-22-16/h5-8,12,20H,3-4,9-10H2,1-2H3,(H,19,26)(H,21,22,23,24). The third-order valence-corrected chi connectivity index (χ3v) is 3.84. The number of carbonyl (C=O) groups excluding carboxylic acids is 1. The summed E-state index contributed by atoms with van der Waals surface area (Å²) in [5.41, 5.74) is 1.57. The van der Waals surface area contributed by atoms with Crippen molar-refractivity contribution in [3.05, 3.63) is 41.9 Å². The van der Waals surface area contributed by atoms with Crippen LogP contribution in [0.4, 0.5) is 5.69 Å². The van der Waals surface area contributed by atoms with E-state index in [1.165, 1.54) is 6.20 Å². The summed E-state index contributed by atoms with van der Waals surface area (Å²) in [6.07, 6.45) is 1.49. The number of tetrazole rings is 1. The lowest BCUT2D eigenvalue weighted by atomic mass is 10.2. The van der Waals surface area contributed by atoms with Gasteiger partial charge < -0.3 is 15.5 Å². The molecule has 1 aromatic carbocycles. The Morgan fingerprint density at radius 1 is 1.31 bits per heavy atom. The topological polar surface area (TPSA) is 123 Å². The molecule has 3 N–H and O–H groups in total. The van der Waals surface area contributed by atoms with Crippen molar-refractivity contribution in [2.75, 3.05) is 31.5 Å². The smallest absolute Gasteiger partial charge is 0.251 e. The highest BCUT2D eigenvalue weighted by atomic mass is 16.1. The van der Waals surface area contributed by atoms with Gasteiger partial charge in [0.25, 0.3) is 5.91 Å². The molecule has 9 nitrogen and oxygen atoms in total. The predicted molar refractivity (Wildman–Crippen MR) is 98.0 cm³/mol. The Kier molecular flexibility index (Phi) is 7.27. The van der Waals surface area contributed by atoms with Crippen molar-refractivity contribution in [2.24, 2.45) is 0 Å². The number of benzene rings is 1. The maximum atomic E-state index is 12.1. The molecule has 0 fully saturated rings. The molecule has 1 amide bonds. The normalized spacial score (nSPS) is 11.2. The Hall–Kier alpha value is -3.25. The predicted octanol–water partition coefficient (Wildman–Crippen LogP) is 1.25. The zero-order chi connectivity index (χ0) is 18.8. The molecular formula is C17H22N8O. The lowest BCUT2D eigenvalue weighted by molar-refractivity contribution is 0.0949. The average molecular weight is 354 g/mol. The van der Waals surface area contributed by atoms with Gasteiger partial charge in [-0.15, -0.1) is 10.2 Å². The molecule has 0 aliphatic carbocycles. The van der Waals surface area contributed by atoms with Crippen LogP contribution in [0.15, 0.2) is 30.5 Å². The van der Waals surface area contributed by atoms with Crippen molar-refractivity contribution in [1.29, 1.82) is 5.26 Å². The van der Waals surface area contributed by atoms with E-state index in [9.17, 15) is 4.79 Å². The molecule has 0 unspecified atom stereocenters. The molecule has 1 heterocycles. The summed E-state index contributed by atoms with van der Waals surface area (Å²) in [6.45, 7) is 7.57. The summed E-state index contributed by atoms with van der Waals surface area (Å²) < 4.78 is 0. The summed E-state index contributed by atoms with van der Waals surface area (Å²) in [5, 5.41) is 28.2. The first-order valence-corrected chi connectivity index (χ1v) is 8.39. The van der Waals surface area contributed by atoms with E-state index in [0.29, 0.717) is 12.1 Å². The molecule has 0 aliphatic rings. The highest BCUT2D eigenvalue weighted by molar-refractivity contribution is 5.94. The highest BCUT2D eigenvalue weighted by Gasteiger charge is 2.07. The molecule has 9 heteroatoms. The largest absolute Gasteiger partial charge is 0.360 e. The second kappa shape index (κ2) is 9.90. The second-order valence-corrected chi connectivity index (χ2v) is 5.41. The molecule has 136 valence electrons. The third-order valence-electron chi connectivity index (χ3n) is 3.84. The first-order chi connectivity index (χ1) is 12.7. The maximum absolute atomic E-state index is 12.1. The molecule has 1 aromatic heterocycles. The van der Waals surface area contributed by atoms with Crippen LogP contribution in [-0.2, 0) is 0 Å². The zero-order valence-electron chi connectivity index (χ0n) is 14.9. The van der Waals surface area contributed by atoms with Gasteiger partial charge in [-0.25, -0.2) is 0 Å². The van der Waals surface area contributed by atoms with Gasteiger partial charge in [-0.2, -0.15) is 10.5 Å². The first-order valence-electron chi connectivity index (χ1n) is 8.39. The number of carbonyl (C=O) groups is 1. The quantitative estimate of drug-likeness (QED) is 0.579. The Morgan fingerprint density at radius 3 is 2.62 bits per heavy atom. The van der Waals surface area contributed by atoms with Gasteiger partial charge in [-0.05, 0) is 42.6 Å². The summed E-state index contributed by atoms with van der Waals surface area (Å²) in [6, 6.07) is 8.97. The number of nitrogens with one attached hydrogen (secondary N) is 3. The van der Waals surface area contributed by atoms with E-state index in [4.69, 9.17) is 5.26 Å². The van der Waals surface area contributed by atoms with Crippen LogP contribution >= 0.6 is 0 Å². The number of aromatic nitrogens is 4. The van der Waals surface area contributed by atoms with Crippen LogP contribution in [0.1, 0.15) is 30.0 Å². The fourth-order valence-electron chi connectivity index (χ4n) is 2.27. The van der Waals surface area contributed by atoms with Crippen molar-refractivity contribution in [1.82, 2.24) is 30.8 Å². The maximum Gasteiger partial charge on any atom is 0.251 e. The van der Waals surface area contributed by atoms with E-state index < -0.39 is 0 Å². The van der Waals surface area contributed by atoms with Crippen LogP contribution in [0.25, 0.3) is 5.57 Å². The molecule has 26 heavy (non-hydrogen) atoms. The van der Waals surface area contributed by atoms with E-state index in [2.05, 4.69) is 50.0 Å². The third kappa shape index (κ3) is 5.39. The molecule has 0 aliphatic heterocycles. The van der Waals surface area contributed by atoms with Gasteiger partial charge in [-0.3, -0.25) is 4.79 Å². The lowest BCUT2D eigenvalue weighted by Gasteiger charge is -2.17. The number of nitriles is 1. The molecule has 2 rings (SSSR count). The summed E-state index contributed by atoms with van der Waals surface area (Å²) in [4.78, 5) is 14.4. The molecule has 0 saturated carbocycles. The highest BCUT2D eigenvalue weighted by Crippen LogP contribution is 2.12. The number of amides is 1. The Morgan fingerprint density at radius 2 is 2.04 bits per heavy atom. The van der Waals surface area contributed by atoms with E-state index in [0.717, 1.165) is 25.3 Å². The van der Waals surface area contributed by atoms with Gasteiger partial charge >= 0.3 is 0 Å². The number of nitrogens with zero attached hydrogens (tertiary/aromatic N) is 5. The van der Waals surface area contributed by atoms with Crippen molar-refractivity contribution in [2.45, 2.75) is 13.8 Å². The van der Waals surface area contributed by atoms with Crippen LogP contribution in [0.5, 0.6) is 0 Å². The number of hydrogen-bond donors (Lipinski definition) is 3. The van der Waals surface area contributed by atoms with Crippen LogP contribution in [-0.4, -0.2) is 57.6 Å². The van der Waals surface area contributed by atoms with Gasteiger partial charge in [0.15, 0.2) is 0 Å². The summed E-state index contributed by atoms with van der Waals surface area (Å²) >= 11 is 0. The van der Waals surface area contributed by atoms with Gasteiger partial charge in [0.05, 0.1) is 0 Å². The Bertz CT molecular complexity index is 757. The average Bonchev–Trinajstić information content (AvgIpc) is 3.21. The van der Waals surface area contributed by atoms with Crippen molar-refractivity contribution >= 4 is 17.2 Å². The van der Waals surface area contributed by atoms with Crippen LogP contribution in [0.2, 0.25) is 0 Å². The lowest BCUT2D eigenvalue weighted by Crippen LogP contribution is -2.34. The van der Waals surface area contributed by atoms with Gasteiger partial charge in [0.1, 0.15) is 11.6 Å². The number of H-pyrrole nitrogens is 1. The first kappa shape index (κ1) is 19.1. The minimum Gasteiger partial charge on any atom is -0.360 e. The van der Waals surface area contributed by atoms with Crippen LogP contribution in [0, 0.1) is 11.3 Å². The van der Waals surface area contributed by atoms with E-state index in [1.807, 2.05) is 6.07 Å². The van der Waals surface area contributed by atoms with Crippen molar-refractivity contribution < 1.29 is 4.79 Å². The molecule has 2 aromatic rings. The van der Waals surface area contributed by atoms with E-state index in [-0.39, 0.29) is 17.3 Å². The van der Waals surface area contributed by atoms with E-state index >= 15 is 0 Å². The number of hydrogen-bond acceptors (Lipinski definition) is 7. The number of rotatable bonds is 9. The van der Waals surface area contributed by atoms with Crippen molar-refractivity contribution in [3.8, 4) is 6.07 Å². The van der Waals surface area contributed by atoms with Crippen LogP contribution in [0.3, 0.4) is 0 Å². The van der Waals surface area contributed by atoms with E-state index in [1.54, 1.807) is 24.3 Å². The summed E-state index contributed by atoms with van der Waals surface area (Å²) in [7, 11) is 0. The zero-order valence-corrected chi connectivity index (χ0v) is 14.9. The molecule has 0 radical (unpaired) electrons. The number of anilines is 1. The fraction of sp³-hybridized carbons (Fsp3) is 0.353.